The maximum atomic E-state index is 12.3. The number of carbonyl (C=O) groups excluding carboxylic acids is 1. The number of benzene rings is 1. The molecule has 23 heavy (non-hydrogen) atoms. The highest BCUT2D eigenvalue weighted by atomic mass is 32.1. The zero-order chi connectivity index (χ0) is 16.3. The lowest BCUT2D eigenvalue weighted by atomic mass is 9.84. The fourth-order valence-electron chi connectivity index (χ4n) is 3.23. The SMILES string of the molecule is O=C(NCC1(c2cccs2)CCCC1)c1ccc([N+](=O)[O-])cc1. The highest BCUT2D eigenvalue weighted by Crippen LogP contribution is 2.42. The highest BCUT2D eigenvalue weighted by molar-refractivity contribution is 7.10. The highest BCUT2D eigenvalue weighted by Gasteiger charge is 2.36. The van der Waals surface area contributed by atoms with Crippen molar-refractivity contribution >= 4 is 22.9 Å². The van der Waals surface area contributed by atoms with E-state index in [-0.39, 0.29) is 17.0 Å². The van der Waals surface area contributed by atoms with Gasteiger partial charge in [-0.25, -0.2) is 0 Å². The summed E-state index contributed by atoms with van der Waals surface area (Å²) in [5.41, 5.74) is 0.493. The first-order chi connectivity index (χ1) is 11.1. The Morgan fingerprint density at radius 3 is 2.48 bits per heavy atom. The molecule has 1 heterocycles. The number of nitro benzene ring substituents is 1. The summed E-state index contributed by atoms with van der Waals surface area (Å²) < 4.78 is 0. The third-order valence-electron chi connectivity index (χ3n) is 4.53. The minimum absolute atomic E-state index is 0.00704. The Labute approximate surface area is 138 Å². The largest absolute Gasteiger partial charge is 0.351 e. The Kier molecular flexibility index (Phi) is 4.43. The molecule has 0 spiro atoms. The lowest BCUT2D eigenvalue weighted by molar-refractivity contribution is -0.384. The van der Waals surface area contributed by atoms with Crippen molar-refractivity contribution in [2.45, 2.75) is 31.1 Å². The minimum Gasteiger partial charge on any atom is -0.351 e. The summed E-state index contributed by atoms with van der Waals surface area (Å²) in [6.07, 6.45) is 4.55. The molecule has 0 bridgehead atoms. The van der Waals surface area contributed by atoms with E-state index in [0.717, 1.165) is 12.8 Å². The van der Waals surface area contributed by atoms with Gasteiger partial charge < -0.3 is 5.32 Å². The van der Waals surface area contributed by atoms with E-state index in [1.54, 1.807) is 11.3 Å². The van der Waals surface area contributed by atoms with Crippen LogP contribution in [0.2, 0.25) is 0 Å². The summed E-state index contributed by atoms with van der Waals surface area (Å²) in [5.74, 6) is -0.178. The normalized spacial score (nSPS) is 16.2. The molecule has 1 saturated carbocycles. The van der Waals surface area contributed by atoms with Crippen LogP contribution >= 0.6 is 11.3 Å². The molecule has 0 atom stereocenters. The molecule has 1 N–H and O–H groups in total. The van der Waals surface area contributed by atoms with Crippen molar-refractivity contribution in [2.24, 2.45) is 0 Å². The Balaban J connectivity index is 1.69. The van der Waals surface area contributed by atoms with E-state index in [1.807, 2.05) is 0 Å². The monoisotopic (exact) mass is 330 g/mol. The van der Waals surface area contributed by atoms with Gasteiger partial charge in [0.2, 0.25) is 0 Å². The second-order valence-electron chi connectivity index (χ2n) is 5.95. The molecule has 1 fully saturated rings. The van der Waals surface area contributed by atoms with Crippen LogP contribution in [0, 0.1) is 10.1 Å². The van der Waals surface area contributed by atoms with Gasteiger partial charge in [-0.15, -0.1) is 11.3 Å². The van der Waals surface area contributed by atoms with Gasteiger partial charge in [-0.1, -0.05) is 18.9 Å². The molecule has 5 nitrogen and oxygen atoms in total. The molecule has 1 aliphatic carbocycles. The minimum atomic E-state index is -0.466. The molecule has 1 aromatic heterocycles. The maximum absolute atomic E-state index is 12.3. The molecule has 120 valence electrons. The quantitative estimate of drug-likeness (QED) is 0.667. The average Bonchev–Trinajstić information content (AvgIpc) is 3.24. The maximum Gasteiger partial charge on any atom is 0.269 e. The van der Waals surface area contributed by atoms with Gasteiger partial charge in [-0.05, 0) is 36.4 Å². The van der Waals surface area contributed by atoms with Crippen LogP contribution in [0.4, 0.5) is 5.69 Å². The molecular formula is C17H18N2O3S. The zero-order valence-electron chi connectivity index (χ0n) is 12.7. The van der Waals surface area contributed by atoms with Gasteiger partial charge in [0.15, 0.2) is 0 Å². The third kappa shape index (κ3) is 3.27. The first-order valence-corrected chi connectivity index (χ1v) is 8.55. The van der Waals surface area contributed by atoms with Gasteiger partial charge in [0, 0.05) is 34.5 Å². The van der Waals surface area contributed by atoms with Crippen molar-refractivity contribution in [3.8, 4) is 0 Å². The standard InChI is InChI=1S/C17H18N2O3S/c20-16(13-5-7-14(8-6-13)19(21)22)18-12-17(9-1-2-10-17)15-4-3-11-23-15/h3-8,11H,1-2,9-10,12H2,(H,18,20). The summed E-state index contributed by atoms with van der Waals surface area (Å²) in [7, 11) is 0. The number of thiophene rings is 1. The van der Waals surface area contributed by atoms with Gasteiger partial charge in [-0.2, -0.15) is 0 Å². The van der Waals surface area contributed by atoms with Crippen LogP contribution in [0.25, 0.3) is 0 Å². The Hall–Kier alpha value is -2.21. The van der Waals surface area contributed by atoms with E-state index in [1.165, 1.54) is 42.0 Å². The summed E-state index contributed by atoms with van der Waals surface area (Å²) >= 11 is 1.75. The smallest absolute Gasteiger partial charge is 0.269 e. The van der Waals surface area contributed by atoms with E-state index >= 15 is 0 Å². The summed E-state index contributed by atoms with van der Waals surface area (Å²) in [6, 6.07) is 9.92. The summed E-state index contributed by atoms with van der Waals surface area (Å²) in [4.78, 5) is 23.8. The number of nitro groups is 1. The summed E-state index contributed by atoms with van der Waals surface area (Å²) in [5, 5.41) is 15.8. The topological polar surface area (TPSA) is 72.2 Å². The predicted molar refractivity (Wildman–Crippen MR) is 89.9 cm³/mol. The fourth-order valence-corrected chi connectivity index (χ4v) is 4.22. The van der Waals surface area contributed by atoms with Crippen LogP contribution in [0.5, 0.6) is 0 Å². The molecule has 1 aromatic carbocycles. The average molecular weight is 330 g/mol. The third-order valence-corrected chi connectivity index (χ3v) is 5.65. The number of rotatable bonds is 5. The van der Waals surface area contributed by atoms with Crippen molar-refractivity contribution in [2.75, 3.05) is 6.54 Å². The molecule has 3 rings (SSSR count). The van der Waals surface area contributed by atoms with Gasteiger partial charge in [0.1, 0.15) is 0 Å². The second-order valence-corrected chi connectivity index (χ2v) is 6.90. The molecule has 1 aliphatic rings. The molecule has 0 unspecified atom stereocenters. The predicted octanol–water partition coefficient (Wildman–Crippen LogP) is 3.90. The Morgan fingerprint density at radius 1 is 1.22 bits per heavy atom. The molecule has 0 aliphatic heterocycles. The van der Waals surface area contributed by atoms with E-state index in [9.17, 15) is 14.9 Å². The van der Waals surface area contributed by atoms with Crippen LogP contribution < -0.4 is 5.32 Å². The van der Waals surface area contributed by atoms with Crippen LogP contribution in [0.3, 0.4) is 0 Å². The zero-order valence-corrected chi connectivity index (χ0v) is 13.5. The summed E-state index contributed by atoms with van der Waals surface area (Å²) in [6.45, 7) is 0.614. The fraction of sp³-hybridized carbons (Fsp3) is 0.353. The van der Waals surface area contributed by atoms with Crippen molar-refractivity contribution in [1.82, 2.24) is 5.32 Å². The van der Waals surface area contributed by atoms with Crippen molar-refractivity contribution in [3.05, 3.63) is 62.3 Å². The number of carbonyl (C=O) groups is 1. The molecule has 2 aromatic rings. The lowest BCUT2D eigenvalue weighted by Crippen LogP contribution is -2.38. The lowest BCUT2D eigenvalue weighted by Gasteiger charge is -2.28. The number of amides is 1. The van der Waals surface area contributed by atoms with Gasteiger partial charge >= 0.3 is 0 Å². The van der Waals surface area contributed by atoms with Crippen LogP contribution in [0.15, 0.2) is 41.8 Å². The Morgan fingerprint density at radius 2 is 1.91 bits per heavy atom. The van der Waals surface area contributed by atoms with E-state index in [0.29, 0.717) is 12.1 Å². The number of hydrogen-bond acceptors (Lipinski definition) is 4. The van der Waals surface area contributed by atoms with Gasteiger partial charge in [0.25, 0.3) is 11.6 Å². The van der Waals surface area contributed by atoms with Crippen LogP contribution in [-0.2, 0) is 5.41 Å². The number of nitrogens with zero attached hydrogens (tertiary/aromatic N) is 1. The van der Waals surface area contributed by atoms with Crippen LogP contribution in [-0.4, -0.2) is 17.4 Å². The molecule has 6 heteroatoms. The molecular weight excluding hydrogens is 312 g/mol. The van der Waals surface area contributed by atoms with Crippen molar-refractivity contribution < 1.29 is 9.72 Å². The first kappa shape index (κ1) is 15.7. The van der Waals surface area contributed by atoms with Gasteiger partial charge in [-0.3, -0.25) is 14.9 Å². The van der Waals surface area contributed by atoms with E-state index < -0.39 is 4.92 Å². The number of nitrogens with one attached hydrogen (secondary N) is 1. The number of hydrogen-bond donors (Lipinski definition) is 1. The Bertz CT molecular complexity index is 689. The molecule has 0 saturated heterocycles. The van der Waals surface area contributed by atoms with Crippen LogP contribution in [0.1, 0.15) is 40.9 Å². The van der Waals surface area contributed by atoms with Crippen molar-refractivity contribution in [3.63, 3.8) is 0 Å². The first-order valence-electron chi connectivity index (χ1n) is 7.67. The van der Waals surface area contributed by atoms with E-state index in [4.69, 9.17) is 0 Å². The molecule has 0 radical (unpaired) electrons. The van der Waals surface area contributed by atoms with Gasteiger partial charge in [0.05, 0.1) is 4.92 Å². The molecule has 1 amide bonds. The van der Waals surface area contributed by atoms with Crippen molar-refractivity contribution in [1.29, 1.82) is 0 Å². The number of non-ortho nitro benzene ring substituents is 1. The second kappa shape index (κ2) is 6.50. The van der Waals surface area contributed by atoms with E-state index in [2.05, 4.69) is 22.8 Å².